The van der Waals surface area contributed by atoms with Crippen LogP contribution in [-0.2, 0) is 31.4 Å². The third kappa shape index (κ3) is 5.09. The van der Waals surface area contributed by atoms with E-state index in [0.29, 0.717) is 23.1 Å². The van der Waals surface area contributed by atoms with Crippen molar-refractivity contribution in [2.75, 3.05) is 0 Å². The monoisotopic (exact) mass is 513 g/mol. The van der Waals surface area contributed by atoms with Gasteiger partial charge in [-0.2, -0.15) is 31.4 Å². The van der Waals surface area contributed by atoms with Gasteiger partial charge >= 0.3 is 12.4 Å². The Morgan fingerprint density at radius 1 is 1.06 bits per heavy atom. The molecule has 1 saturated carbocycles. The number of benzene rings is 2. The Hall–Kier alpha value is -3.38. The normalized spacial score (nSPS) is 15.3. The van der Waals surface area contributed by atoms with Crippen LogP contribution in [0.3, 0.4) is 0 Å². The van der Waals surface area contributed by atoms with Crippen LogP contribution >= 0.6 is 0 Å². The van der Waals surface area contributed by atoms with Gasteiger partial charge in [-0.15, -0.1) is 0 Å². The molecule has 36 heavy (non-hydrogen) atoms. The van der Waals surface area contributed by atoms with Crippen molar-refractivity contribution >= 4 is 5.91 Å². The molecule has 0 aliphatic heterocycles. The molecule has 1 aliphatic rings. The van der Waals surface area contributed by atoms with Gasteiger partial charge in [0.1, 0.15) is 0 Å². The Balaban J connectivity index is 1.69. The molecule has 3 aromatic rings. The highest BCUT2D eigenvalue weighted by Gasteiger charge is 2.48. The zero-order valence-corrected chi connectivity index (χ0v) is 18.8. The molecule has 1 aromatic heterocycles. The number of aliphatic hydroxyl groups is 2. The van der Waals surface area contributed by atoms with E-state index in [1.165, 1.54) is 18.2 Å². The highest BCUT2D eigenvalue weighted by molar-refractivity contribution is 5.97. The quantitative estimate of drug-likeness (QED) is 0.336. The number of carbonyl (C=O) groups excluding carboxylic acids is 1. The van der Waals surface area contributed by atoms with Gasteiger partial charge in [0.25, 0.3) is 5.91 Å². The summed E-state index contributed by atoms with van der Waals surface area (Å²) >= 11 is 0. The van der Waals surface area contributed by atoms with Crippen LogP contribution < -0.4 is 5.32 Å². The van der Waals surface area contributed by atoms with Crippen LogP contribution in [0.5, 0.6) is 0 Å². The van der Waals surface area contributed by atoms with Crippen molar-refractivity contribution in [2.45, 2.75) is 43.4 Å². The standard InChI is InChI=1S/C24H21F6N3O3/c1-33-19(24(28,29)30)18(17(32-33)12-13-3-2-4-16(11-13)23(25,26)27)20(34)31-22(9-10-22)15-7-5-14(6-8-15)21(35)36/h2-8,11,21,35-36H,9-10,12H2,1H3,(H,31,34). The van der Waals surface area contributed by atoms with Crippen LogP contribution in [0, 0.1) is 0 Å². The van der Waals surface area contributed by atoms with E-state index in [2.05, 4.69) is 10.4 Å². The maximum atomic E-state index is 13.9. The lowest BCUT2D eigenvalue weighted by atomic mass is 10.00. The summed E-state index contributed by atoms with van der Waals surface area (Å²) in [6, 6.07) is 10.0. The van der Waals surface area contributed by atoms with Crippen LogP contribution in [0.15, 0.2) is 48.5 Å². The number of hydrogen-bond donors (Lipinski definition) is 3. The summed E-state index contributed by atoms with van der Waals surface area (Å²) in [6.07, 6.45) is -10.8. The van der Waals surface area contributed by atoms with Gasteiger partial charge in [-0.3, -0.25) is 9.48 Å². The predicted octanol–water partition coefficient (Wildman–Crippen LogP) is 4.45. The summed E-state index contributed by atoms with van der Waals surface area (Å²) in [5, 5.41) is 25.0. The topological polar surface area (TPSA) is 87.4 Å². The zero-order valence-electron chi connectivity index (χ0n) is 18.8. The minimum absolute atomic E-state index is 0.0463. The first-order chi connectivity index (χ1) is 16.7. The molecule has 1 fully saturated rings. The number of nitrogens with one attached hydrogen (secondary N) is 1. The lowest BCUT2D eigenvalue weighted by Gasteiger charge is -2.20. The van der Waals surface area contributed by atoms with Crippen molar-refractivity contribution < 1.29 is 41.4 Å². The molecule has 4 rings (SSSR count). The third-order valence-electron chi connectivity index (χ3n) is 6.11. The number of hydrogen-bond acceptors (Lipinski definition) is 4. The van der Waals surface area contributed by atoms with Crippen LogP contribution in [0.2, 0.25) is 0 Å². The molecule has 0 unspecified atom stereocenters. The average Bonchev–Trinajstić information content (AvgIpc) is 3.48. The minimum atomic E-state index is -4.95. The fraction of sp³-hybridized carbons (Fsp3) is 0.333. The Bertz CT molecular complexity index is 1280. The predicted molar refractivity (Wildman–Crippen MR) is 114 cm³/mol. The second-order valence-corrected chi connectivity index (χ2v) is 8.70. The Morgan fingerprint density at radius 2 is 1.69 bits per heavy atom. The van der Waals surface area contributed by atoms with Gasteiger partial charge in [0.15, 0.2) is 12.0 Å². The highest BCUT2D eigenvalue weighted by atomic mass is 19.4. The Labute approximate surface area is 201 Å². The lowest BCUT2D eigenvalue weighted by Crippen LogP contribution is -2.36. The van der Waals surface area contributed by atoms with Crippen molar-refractivity contribution in [1.29, 1.82) is 0 Å². The first-order valence-corrected chi connectivity index (χ1v) is 10.8. The molecule has 0 bridgehead atoms. The summed E-state index contributed by atoms with van der Waals surface area (Å²) < 4.78 is 81.5. The summed E-state index contributed by atoms with van der Waals surface area (Å²) in [5.41, 5.74) is -3.48. The molecule has 1 aliphatic carbocycles. The fourth-order valence-electron chi connectivity index (χ4n) is 4.18. The number of halogens is 6. The number of carbonyl (C=O) groups is 1. The van der Waals surface area contributed by atoms with Gasteiger partial charge in [-0.05, 0) is 30.0 Å². The van der Waals surface area contributed by atoms with Crippen LogP contribution in [0.25, 0.3) is 0 Å². The first kappa shape index (κ1) is 25.7. The number of amides is 1. The summed E-state index contributed by atoms with van der Waals surface area (Å²) in [5.74, 6) is -1.05. The van der Waals surface area contributed by atoms with E-state index in [1.54, 1.807) is 12.1 Å². The van der Waals surface area contributed by atoms with Crippen molar-refractivity contribution in [1.82, 2.24) is 15.1 Å². The van der Waals surface area contributed by atoms with Gasteiger partial charge in [0.05, 0.1) is 22.4 Å². The molecule has 1 heterocycles. The lowest BCUT2D eigenvalue weighted by molar-refractivity contribution is -0.144. The smallest absolute Gasteiger partial charge is 0.364 e. The second-order valence-electron chi connectivity index (χ2n) is 8.70. The molecule has 2 aromatic carbocycles. The molecular weight excluding hydrogens is 492 g/mol. The van der Waals surface area contributed by atoms with Crippen molar-refractivity contribution in [2.24, 2.45) is 7.05 Å². The first-order valence-electron chi connectivity index (χ1n) is 10.8. The van der Waals surface area contributed by atoms with Crippen LogP contribution in [-0.4, -0.2) is 25.9 Å². The van der Waals surface area contributed by atoms with Gasteiger partial charge < -0.3 is 15.5 Å². The number of nitrogens with zero attached hydrogens (tertiary/aromatic N) is 2. The second kappa shape index (κ2) is 8.93. The fourth-order valence-corrected chi connectivity index (χ4v) is 4.18. The largest absolute Gasteiger partial charge is 0.433 e. The summed E-state index contributed by atoms with van der Waals surface area (Å²) in [6.45, 7) is 0. The molecule has 0 spiro atoms. The van der Waals surface area contributed by atoms with Crippen LogP contribution in [0.1, 0.15) is 63.1 Å². The Kier molecular flexibility index (Phi) is 6.38. The third-order valence-corrected chi connectivity index (χ3v) is 6.11. The van der Waals surface area contributed by atoms with Crippen molar-refractivity contribution in [3.8, 4) is 0 Å². The minimum Gasteiger partial charge on any atom is -0.364 e. The molecule has 3 N–H and O–H groups in total. The number of aromatic nitrogens is 2. The average molecular weight is 513 g/mol. The number of rotatable bonds is 6. The molecule has 12 heteroatoms. The van der Waals surface area contributed by atoms with Gasteiger partial charge in [-0.1, -0.05) is 42.5 Å². The maximum Gasteiger partial charge on any atom is 0.433 e. The molecule has 6 nitrogen and oxygen atoms in total. The van der Waals surface area contributed by atoms with Crippen molar-refractivity contribution in [3.63, 3.8) is 0 Å². The zero-order chi connectivity index (χ0) is 26.5. The SMILES string of the molecule is Cn1nc(Cc2cccc(C(F)(F)F)c2)c(C(=O)NC2(c3ccc(C(O)O)cc3)CC2)c1C(F)(F)F. The van der Waals surface area contributed by atoms with Gasteiger partial charge in [0, 0.05) is 19.0 Å². The van der Waals surface area contributed by atoms with E-state index in [0.717, 1.165) is 25.2 Å². The highest BCUT2D eigenvalue weighted by Crippen LogP contribution is 2.46. The summed E-state index contributed by atoms with van der Waals surface area (Å²) in [4.78, 5) is 13.2. The molecule has 0 radical (unpaired) electrons. The number of aryl methyl sites for hydroxylation is 1. The number of alkyl halides is 6. The number of aliphatic hydroxyl groups excluding tert-OH is 1. The summed E-state index contributed by atoms with van der Waals surface area (Å²) in [7, 11) is 1.01. The molecular formula is C24H21F6N3O3. The van der Waals surface area contributed by atoms with E-state index >= 15 is 0 Å². The van der Waals surface area contributed by atoms with E-state index in [9.17, 15) is 41.4 Å². The van der Waals surface area contributed by atoms with Crippen LogP contribution in [0.4, 0.5) is 26.3 Å². The molecule has 0 saturated heterocycles. The maximum absolute atomic E-state index is 13.9. The molecule has 192 valence electrons. The van der Waals surface area contributed by atoms with Crippen molar-refractivity contribution in [3.05, 3.63) is 87.7 Å². The van der Waals surface area contributed by atoms with Gasteiger partial charge in [-0.25, -0.2) is 0 Å². The van der Waals surface area contributed by atoms with E-state index < -0.39 is 53.3 Å². The Morgan fingerprint density at radius 3 is 2.22 bits per heavy atom. The van der Waals surface area contributed by atoms with E-state index in [-0.39, 0.29) is 16.8 Å². The molecule has 1 amide bonds. The van der Waals surface area contributed by atoms with E-state index in [4.69, 9.17) is 0 Å². The van der Waals surface area contributed by atoms with Gasteiger partial charge in [0.2, 0.25) is 0 Å². The molecule has 0 atom stereocenters. The van der Waals surface area contributed by atoms with E-state index in [1.807, 2.05) is 0 Å².